The average molecular weight is 345 g/mol. The fraction of sp³-hybridized carbons (Fsp3) is 0.261. The highest BCUT2D eigenvalue weighted by Gasteiger charge is 2.27. The Morgan fingerprint density at radius 3 is 2.54 bits per heavy atom. The Kier molecular flexibility index (Phi) is 4.61. The lowest BCUT2D eigenvalue weighted by Gasteiger charge is -2.31. The van der Waals surface area contributed by atoms with Crippen LogP contribution < -0.4 is 4.74 Å². The van der Waals surface area contributed by atoms with E-state index in [1.165, 1.54) is 16.5 Å². The van der Waals surface area contributed by atoms with E-state index in [0.717, 1.165) is 24.1 Å². The summed E-state index contributed by atoms with van der Waals surface area (Å²) in [6.45, 7) is 3.43. The molecule has 0 aromatic heterocycles. The summed E-state index contributed by atoms with van der Waals surface area (Å²) in [5, 5.41) is 2.30. The highest BCUT2D eigenvalue weighted by atomic mass is 16.5. The molecule has 0 aliphatic carbocycles. The minimum Gasteiger partial charge on any atom is -0.481 e. The van der Waals surface area contributed by atoms with Crippen LogP contribution >= 0.6 is 0 Å². The van der Waals surface area contributed by atoms with E-state index in [4.69, 9.17) is 4.74 Å². The van der Waals surface area contributed by atoms with Gasteiger partial charge in [-0.2, -0.15) is 0 Å². The highest BCUT2D eigenvalue weighted by molar-refractivity contribution is 5.84. The summed E-state index contributed by atoms with van der Waals surface area (Å²) in [5.74, 6) is 0.830. The summed E-state index contributed by atoms with van der Waals surface area (Å²) in [7, 11) is 0. The van der Waals surface area contributed by atoms with Crippen molar-refractivity contribution >= 4 is 16.7 Å². The van der Waals surface area contributed by atoms with Crippen LogP contribution in [-0.2, 0) is 17.8 Å². The molecule has 0 saturated heterocycles. The first-order chi connectivity index (χ1) is 12.7. The average Bonchev–Trinajstić information content (AvgIpc) is 2.71. The third kappa shape index (κ3) is 3.30. The van der Waals surface area contributed by atoms with Crippen molar-refractivity contribution in [1.82, 2.24) is 4.90 Å². The molecular weight excluding hydrogens is 322 g/mol. The van der Waals surface area contributed by atoms with Crippen molar-refractivity contribution < 1.29 is 9.53 Å². The lowest BCUT2D eigenvalue weighted by molar-refractivity contribution is -0.139. The van der Waals surface area contributed by atoms with Crippen molar-refractivity contribution in [3.63, 3.8) is 0 Å². The molecule has 1 heterocycles. The maximum Gasteiger partial charge on any atom is 0.263 e. The van der Waals surface area contributed by atoms with Crippen molar-refractivity contribution in [2.24, 2.45) is 0 Å². The van der Waals surface area contributed by atoms with Gasteiger partial charge in [0.25, 0.3) is 5.91 Å². The zero-order valence-electron chi connectivity index (χ0n) is 15.0. The van der Waals surface area contributed by atoms with Gasteiger partial charge in [0, 0.05) is 13.1 Å². The largest absolute Gasteiger partial charge is 0.481 e. The molecule has 1 aliphatic rings. The molecule has 0 saturated carbocycles. The highest BCUT2D eigenvalue weighted by Crippen LogP contribution is 2.24. The third-order valence-corrected chi connectivity index (χ3v) is 5.09. The Balaban J connectivity index is 1.50. The minimum atomic E-state index is -0.443. The van der Waals surface area contributed by atoms with Crippen LogP contribution in [0, 0.1) is 0 Å². The van der Waals surface area contributed by atoms with Crippen LogP contribution in [0.1, 0.15) is 24.5 Å². The summed E-state index contributed by atoms with van der Waals surface area (Å²) >= 11 is 0. The fourth-order valence-corrected chi connectivity index (χ4v) is 3.60. The summed E-state index contributed by atoms with van der Waals surface area (Å²) in [5.41, 5.74) is 2.59. The van der Waals surface area contributed by atoms with Crippen LogP contribution in [0.15, 0.2) is 66.7 Å². The summed E-state index contributed by atoms with van der Waals surface area (Å²) < 4.78 is 6.08. The molecule has 4 rings (SSSR count). The van der Waals surface area contributed by atoms with E-state index in [0.29, 0.717) is 13.0 Å². The number of fused-ring (bicyclic) bond motifs is 2. The van der Waals surface area contributed by atoms with Crippen molar-refractivity contribution in [3.05, 3.63) is 77.9 Å². The smallest absolute Gasteiger partial charge is 0.263 e. The molecule has 0 radical (unpaired) electrons. The second kappa shape index (κ2) is 7.20. The van der Waals surface area contributed by atoms with Gasteiger partial charge in [-0.05, 0) is 46.9 Å². The number of carbonyl (C=O) groups is 1. The predicted octanol–water partition coefficient (Wildman–Crippen LogP) is 4.58. The van der Waals surface area contributed by atoms with Crippen molar-refractivity contribution in [3.8, 4) is 5.75 Å². The Bertz CT molecular complexity index is 934. The topological polar surface area (TPSA) is 29.5 Å². The molecule has 132 valence electrons. The number of nitrogens with zero attached hydrogens (tertiary/aromatic N) is 1. The summed E-state index contributed by atoms with van der Waals surface area (Å²) in [6.07, 6.45) is 1.12. The third-order valence-electron chi connectivity index (χ3n) is 5.09. The minimum absolute atomic E-state index is 0.0789. The fourth-order valence-electron chi connectivity index (χ4n) is 3.60. The van der Waals surface area contributed by atoms with Gasteiger partial charge in [0.2, 0.25) is 0 Å². The Morgan fingerprint density at radius 1 is 1.00 bits per heavy atom. The molecule has 1 atom stereocenters. The molecular formula is C23H23NO2. The molecule has 3 aromatic carbocycles. The lowest BCUT2D eigenvalue weighted by atomic mass is 9.99. The molecule has 0 fully saturated rings. The second-order valence-electron chi connectivity index (χ2n) is 6.80. The number of rotatable bonds is 4. The van der Waals surface area contributed by atoms with Crippen molar-refractivity contribution in [1.29, 1.82) is 0 Å². The molecule has 3 nitrogen and oxygen atoms in total. The Morgan fingerprint density at radius 2 is 1.73 bits per heavy atom. The molecule has 3 heteroatoms. The van der Waals surface area contributed by atoms with Crippen molar-refractivity contribution in [2.45, 2.75) is 32.4 Å². The molecule has 0 spiro atoms. The van der Waals surface area contributed by atoms with E-state index < -0.39 is 6.10 Å². The molecule has 0 unspecified atom stereocenters. The molecule has 26 heavy (non-hydrogen) atoms. The van der Waals surface area contributed by atoms with E-state index in [-0.39, 0.29) is 5.91 Å². The molecule has 0 bridgehead atoms. The van der Waals surface area contributed by atoms with E-state index in [9.17, 15) is 4.79 Å². The van der Waals surface area contributed by atoms with Crippen LogP contribution in [0.3, 0.4) is 0 Å². The van der Waals surface area contributed by atoms with Gasteiger partial charge in [-0.3, -0.25) is 4.79 Å². The summed E-state index contributed by atoms with van der Waals surface area (Å²) in [6, 6.07) is 22.5. The number of ether oxygens (including phenoxy) is 1. The van der Waals surface area contributed by atoms with Gasteiger partial charge in [0.1, 0.15) is 5.75 Å². The first kappa shape index (κ1) is 16.6. The van der Waals surface area contributed by atoms with Crippen LogP contribution in [0.25, 0.3) is 10.8 Å². The zero-order valence-corrected chi connectivity index (χ0v) is 15.0. The van der Waals surface area contributed by atoms with Gasteiger partial charge in [0.05, 0.1) is 0 Å². The maximum atomic E-state index is 13.0. The predicted molar refractivity (Wildman–Crippen MR) is 104 cm³/mol. The van der Waals surface area contributed by atoms with Gasteiger partial charge >= 0.3 is 0 Å². The number of benzene rings is 3. The SMILES string of the molecule is CC[C@@H](Oc1ccc2ccccc2c1)C(=O)N1CCc2ccccc2C1. The number of amides is 1. The Labute approximate surface area is 154 Å². The number of carbonyl (C=O) groups excluding carboxylic acids is 1. The van der Waals surface area contributed by atoms with Crippen molar-refractivity contribution in [2.75, 3.05) is 6.54 Å². The van der Waals surface area contributed by atoms with E-state index >= 15 is 0 Å². The summed E-state index contributed by atoms with van der Waals surface area (Å²) in [4.78, 5) is 14.9. The van der Waals surface area contributed by atoms with Gasteiger partial charge < -0.3 is 9.64 Å². The molecule has 0 N–H and O–H groups in total. The van der Waals surface area contributed by atoms with Crippen LogP contribution in [0.2, 0.25) is 0 Å². The van der Waals surface area contributed by atoms with Gasteiger partial charge in [0.15, 0.2) is 6.10 Å². The van der Waals surface area contributed by atoms with E-state index in [1.807, 2.05) is 48.2 Å². The first-order valence-electron chi connectivity index (χ1n) is 9.25. The van der Waals surface area contributed by atoms with Gasteiger partial charge in [-0.1, -0.05) is 61.5 Å². The van der Waals surface area contributed by atoms with Gasteiger partial charge in [-0.15, -0.1) is 0 Å². The molecule has 1 amide bonds. The Hall–Kier alpha value is -2.81. The number of hydrogen-bond donors (Lipinski definition) is 0. The normalized spacial score (nSPS) is 14.7. The van der Waals surface area contributed by atoms with Gasteiger partial charge in [-0.25, -0.2) is 0 Å². The van der Waals surface area contributed by atoms with E-state index in [1.54, 1.807) is 0 Å². The maximum absolute atomic E-state index is 13.0. The number of hydrogen-bond acceptors (Lipinski definition) is 2. The van der Waals surface area contributed by atoms with Crippen LogP contribution in [0.5, 0.6) is 5.75 Å². The zero-order chi connectivity index (χ0) is 17.9. The van der Waals surface area contributed by atoms with E-state index in [2.05, 4.69) is 30.3 Å². The first-order valence-corrected chi connectivity index (χ1v) is 9.25. The van der Waals surface area contributed by atoms with Crippen LogP contribution in [0.4, 0.5) is 0 Å². The lowest BCUT2D eigenvalue weighted by Crippen LogP contribution is -2.44. The monoisotopic (exact) mass is 345 g/mol. The van der Waals surface area contributed by atoms with Crippen LogP contribution in [-0.4, -0.2) is 23.5 Å². The molecule has 3 aromatic rings. The standard InChI is InChI=1S/C23H23NO2/c1-2-22(26-21-12-11-17-7-3-5-9-19(17)15-21)23(25)24-14-13-18-8-4-6-10-20(18)16-24/h3-12,15,22H,2,13-14,16H2,1H3/t22-/m1/s1. The molecule has 1 aliphatic heterocycles. The quantitative estimate of drug-likeness (QED) is 0.692. The second-order valence-corrected chi connectivity index (χ2v) is 6.80.